The summed E-state index contributed by atoms with van der Waals surface area (Å²) in [6.45, 7) is 9.47. The standard InChI is InChI=1S/C29H26N2O5S.C2H6/c1-29(2,34)28(33)30-17-9-10-24-22(15-17)20-7-4-6-19(27(20)37-24)18-5-3-8-21-23(32)16-25(36-26(18)21)31-11-13-35-14-12-31;1-2/h3-10,15-16,34H,11-14H2,1-2H3,(H,30,33);1-2H3. The Kier molecular flexibility index (Phi) is 7.44. The largest absolute Gasteiger partial charge is 0.440 e. The summed E-state index contributed by atoms with van der Waals surface area (Å²) >= 11 is 1.65. The number of thiophene rings is 1. The normalized spacial score (nSPS) is 13.9. The summed E-state index contributed by atoms with van der Waals surface area (Å²) in [5, 5.41) is 15.4. The summed E-state index contributed by atoms with van der Waals surface area (Å²) in [5.41, 5.74) is 1.49. The first-order valence-electron chi connectivity index (χ1n) is 13.2. The molecule has 1 fully saturated rings. The number of nitrogens with zero attached hydrogens (tertiary/aromatic N) is 1. The van der Waals surface area contributed by atoms with Gasteiger partial charge in [-0.2, -0.15) is 0 Å². The van der Waals surface area contributed by atoms with Crippen LogP contribution in [0.1, 0.15) is 27.7 Å². The number of morpholine rings is 1. The Morgan fingerprint density at radius 3 is 2.36 bits per heavy atom. The fraction of sp³-hybridized carbons (Fsp3) is 0.290. The van der Waals surface area contributed by atoms with Crippen molar-refractivity contribution < 1.29 is 19.1 Å². The second-order valence-electron chi connectivity index (χ2n) is 9.74. The van der Waals surface area contributed by atoms with Crippen LogP contribution in [0, 0.1) is 0 Å². The molecule has 0 unspecified atom stereocenters. The van der Waals surface area contributed by atoms with E-state index in [9.17, 15) is 14.7 Å². The zero-order chi connectivity index (χ0) is 27.7. The van der Waals surface area contributed by atoms with Gasteiger partial charge in [0.25, 0.3) is 5.91 Å². The Morgan fingerprint density at radius 1 is 0.949 bits per heavy atom. The molecule has 5 aromatic rings. The maximum absolute atomic E-state index is 13.1. The molecule has 2 N–H and O–H groups in total. The van der Waals surface area contributed by atoms with Gasteiger partial charge in [-0.15, -0.1) is 11.3 Å². The molecule has 1 saturated heterocycles. The fourth-order valence-electron chi connectivity index (χ4n) is 4.69. The summed E-state index contributed by atoms with van der Waals surface area (Å²) < 4.78 is 14.0. The molecule has 3 heterocycles. The molecular weight excluding hydrogens is 512 g/mol. The summed E-state index contributed by atoms with van der Waals surface area (Å²) in [7, 11) is 0. The van der Waals surface area contributed by atoms with Crippen molar-refractivity contribution in [2.45, 2.75) is 33.3 Å². The topological polar surface area (TPSA) is 92.0 Å². The van der Waals surface area contributed by atoms with Crippen LogP contribution in [0.15, 0.2) is 69.9 Å². The smallest absolute Gasteiger partial charge is 0.255 e. The molecule has 0 atom stereocenters. The molecule has 0 saturated carbocycles. The van der Waals surface area contributed by atoms with E-state index in [1.807, 2.05) is 61.2 Å². The monoisotopic (exact) mass is 544 g/mol. The Labute approximate surface area is 230 Å². The van der Waals surface area contributed by atoms with Gasteiger partial charge in [0.05, 0.1) is 18.6 Å². The fourth-order valence-corrected chi connectivity index (χ4v) is 5.90. The van der Waals surface area contributed by atoms with Crippen LogP contribution in [-0.4, -0.2) is 42.9 Å². The third-order valence-corrected chi connectivity index (χ3v) is 7.88. The van der Waals surface area contributed by atoms with Crippen LogP contribution < -0.4 is 15.6 Å². The minimum atomic E-state index is -1.48. The molecule has 8 heteroatoms. The predicted octanol–water partition coefficient (Wildman–Crippen LogP) is 6.40. The van der Waals surface area contributed by atoms with Gasteiger partial charge in [-0.25, -0.2) is 0 Å². The van der Waals surface area contributed by atoms with Crippen LogP contribution in [0.2, 0.25) is 0 Å². The Morgan fingerprint density at radius 2 is 1.64 bits per heavy atom. The van der Waals surface area contributed by atoms with Gasteiger partial charge in [-0.05, 0) is 38.1 Å². The lowest BCUT2D eigenvalue weighted by Gasteiger charge is -2.27. The molecule has 7 nitrogen and oxygen atoms in total. The average molecular weight is 545 g/mol. The number of aliphatic hydroxyl groups is 1. The number of amides is 1. The number of hydrogen-bond donors (Lipinski definition) is 2. The van der Waals surface area contributed by atoms with Crippen molar-refractivity contribution in [3.05, 3.63) is 70.9 Å². The third kappa shape index (κ3) is 5.15. The van der Waals surface area contributed by atoms with E-state index >= 15 is 0 Å². The Balaban J connectivity index is 0.00000151. The molecule has 1 aliphatic rings. The number of benzene rings is 3. The van der Waals surface area contributed by atoms with E-state index in [0.29, 0.717) is 48.8 Å². The highest BCUT2D eigenvalue weighted by atomic mass is 32.1. The van der Waals surface area contributed by atoms with E-state index in [0.717, 1.165) is 31.3 Å². The van der Waals surface area contributed by atoms with Crippen molar-refractivity contribution >= 4 is 60.0 Å². The average Bonchev–Trinajstić information content (AvgIpc) is 3.32. The quantitative estimate of drug-likeness (QED) is 0.272. The number of rotatable bonds is 4. The first kappa shape index (κ1) is 26.9. The van der Waals surface area contributed by atoms with Crippen molar-refractivity contribution in [1.29, 1.82) is 0 Å². The molecule has 0 spiro atoms. The number of anilines is 2. The van der Waals surface area contributed by atoms with E-state index in [-0.39, 0.29) is 5.43 Å². The van der Waals surface area contributed by atoms with Crippen molar-refractivity contribution in [2.24, 2.45) is 0 Å². The number of carbonyl (C=O) groups is 1. The lowest BCUT2D eigenvalue weighted by atomic mass is 10.0. The molecule has 3 aromatic carbocycles. The van der Waals surface area contributed by atoms with Crippen LogP contribution >= 0.6 is 11.3 Å². The molecular formula is C31H32N2O5S. The van der Waals surface area contributed by atoms with Gasteiger partial charge in [0.2, 0.25) is 0 Å². The second-order valence-corrected chi connectivity index (χ2v) is 10.8. The first-order chi connectivity index (χ1) is 18.8. The predicted molar refractivity (Wildman–Crippen MR) is 160 cm³/mol. The first-order valence-corrected chi connectivity index (χ1v) is 14.0. The molecule has 202 valence electrons. The maximum atomic E-state index is 13.1. The van der Waals surface area contributed by atoms with Gasteiger partial charge in [0, 0.05) is 56.1 Å². The van der Waals surface area contributed by atoms with Gasteiger partial charge in [-0.1, -0.05) is 44.2 Å². The van der Waals surface area contributed by atoms with Crippen LogP contribution in [-0.2, 0) is 9.53 Å². The minimum absolute atomic E-state index is 0.0692. The highest BCUT2D eigenvalue weighted by Crippen LogP contribution is 2.42. The molecule has 1 aliphatic heterocycles. The SMILES string of the molecule is CC.CC(C)(O)C(=O)Nc1ccc2sc3c(-c4cccc5c(=O)cc(N6CCOCC6)oc45)cccc3c2c1. The van der Waals surface area contributed by atoms with Crippen LogP contribution in [0.25, 0.3) is 42.3 Å². The Bertz CT molecular complexity index is 1730. The maximum Gasteiger partial charge on any atom is 0.255 e. The van der Waals surface area contributed by atoms with E-state index in [1.54, 1.807) is 23.5 Å². The zero-order valence-electron chi connectivity index (χ0n) is 22.5. The molecule has 1 amide bonds. The number of nitrogens with one attached hydrogen (secondary N) is 1. The van der Waals surface area contributed by atoms with Crippen LogP contribution in [0.4, 0.5) is 11.6 Å². The highest BCUT2D eigenvalue weighted by Gasteiger charge is 2.24. The van der Waals surface area contributed by atoms with E-state index < -0.39 is 11.5 Å². The summed E-state index contributed by atoms with van der Waals surface area (Å²) in [5.74, 6) is 0.0953. The summed E-state index contributed by atoms with van der Waals surface area (Å²) in [6.07, 6.45) is 0. The number of fused-ring (bicyclic) bond motifs is 4. The van der Waals surface area contributed by atoms with Gasteiger partial charge >= 0.3 is 0 Å². The highest BCUT2D eigenvalue weighted by molar-refractivity contribution is 7.26. The van der Waals surface area contributed by atoms with Crippen molar-refractivity contribution in [1.82, 2.24) is 0 Å². The summed E-state index contributed by atoms with van der Waals surface area (Å²) in [6, 6.07) is 19.1. The molecule has 6 rings (SSSR count). The van der Waals surface area contributed by atoms with E-state index in [4.69, 9.17) is 9.15 Å². The number of carbonyl (C=O) groups excluding carboxylic acids is 1. The lowest BCUT2D eigenvalue weighted by molar-refractivity contribution is -0.130. The van der Waals surface area contributed by atoms with Gasteiger partial charge in [0.15, 0.2) is 11.3 Å². The van der Waals surface area contributed by atoms with E-state index in [2.05, 4.69) is 11.4 Å². The molecule has 0 radical (unpaired) electrons. The van der Waals surface area contributed by atoms with Gasteiger partial charge in [0.1, 0.15) is 11.2 Å². The number of para-hydroxylation sites is 1. The van der Waals surface area contributed by atoms with Crippen LogP contribution in [0.3, 0.4) is 0 Å². The zero-order valence-corrected chi connectivity index (χ0v) is 23.4. The molecule has 2 aromatic heterocycles. The van der Waals surface area contributed by atoms with Crippen molar-refractivity contribution in [3.8, 4) is 11.1 Å². The molecule has 0 aliphatic carbocycles. The minimum Gasteiger partial charge on any atom is -0.440 e. The van der Waals surface area contributed by atoms with Gasteiger partial charge in [-0.3, -0.25) is 9.59 Å². The summed E-state index contributed by atoms with van der Waals surface area (Å²) in [4.78, 5) is 27.4. The van der Waals surface area contributed by atoms with Gasteiger partial charge < -0.3 is 24.5 Å². The number of ether oxygens (including phenoxy) is 1. The van der Waals surface area contributed by atoms with Crippen LogP contribution in [0.5, 0.6) is 0 Å². The van der Waals surface area contributed by atoms with E-state index in [1.165, 1.54) is 13.8 Å². The second kappa shape index (κ2) is 10.8. The van der Waals surface area contributed by atoms with Crippen molar-refractivity contribution in [3.63, 3.8) is 0 Å². The van der Waals surface area contributed by atoms with Crippen molar-refractivity contribution in [2.75, 3.05) is 36.5 Å². The third-order valence-electron chi connectivity index (χ3n) is 6.66. The number of hydrogen-bond acceptors (Lipinski definition) is 7. The lowest BCUT2D eigenvalue weighted by Crippen LogP contribution is -2.36. The molecule has 0 bridgehead atoms. The Hall–Kier alpha value is -3.72. The molecule has 39 heavy (non-hydrogen) atoms.